The summed E-state index contributed by atoms with van der Waals surface area (Å²) in [6, 6.07) is 0.289. The van der Waals surface area contributed by atoms with E-state index in [1.807, 2.05) is 27.7 Å². The molecule has 1 amide bonds. The van der Waals surface area contributed by atoms with Crippen LogP contribution in [0, 0.1) is 0 Å². The van der Waals surface area contributed by atoms with Crippen LogP contribution in [0.5, 0.6) is 0 Å². The standard InChI is InChI=1S/C15H32N2O3/c1-7-10-17(14(18)20-15(4,5)6)11-9-16-13(3)12-19-8-2/h13,16H,7-12H2,1-6H3. The third-order valence-electron chi connectivity index (χ3n) is 2.59. The van der Waals surface area contributed by atoms with Crippen molar-refractivity contribution in [3.05, 3.63) is 0 Å². The maximum absolute atomic E-state index is 12.0. The summed E-state index contributed by atoms with van der Waals surface area (Å²) in [5, 5.41) is 3.35. The van der Waals surface area contributed by atoms with Crippen molar-refractivity contribution in [1.29, 1.82) is 0 Å². The van der Waals surface area contributed by atoms with E-state index >= 15 is 0 Å². The smallest absolute Gasteiger partial charge is 0.410 e. The van der Waals surface area contributed by atoms with Crippen LogP contribution < -0.4 is 5.32 Å². The zero-order valence-corrected chi connectivity index (χ0v) is 14.0. The summed E-state index contributed by atoms with van der Waals surface area (Å²) in [6.07, 6.45) is 0.687. The van der Waals surface area contributed by atoms with Crippen LogP contribution in [0.25, 0.3) is 0 Å². The lowest BCUT2D eigenvalue weighted by molar-refractivity contribution is 0.0249. The molecule has 20 heavy (non-hydrogen) atoms. The number of hydrogen-bond acceptors (Lipinski definition) is 4. The fourth-order valence-electron chi connectivity index (χ4n) is 1.69. The van der Waals surface area contributed by atoms with E-state index in [2.05, 4.69) is 19.2 Å². The minimum Gasteiger partial charge on any atom is -0.444 e. The van der Waals surface area contributed by atoms with Gasteiger partial charge in [0.1, 0.15) is 5.60 Å². The monoisotopic (exact) mass is 288 g/mol. The summed E-state index contributed by atoms with van der Waals surface area (Å²) < 4.78 is 10.8. The van der Waals surface area contributed by atoms with Crippen LogP contribution in [0.3, 0.4) is 0 Å². The second kappa shape index (κ2) is 10.00. The lowest BCUT2D eigenvalue weighted by atomic mass is 10.2. The molecule has 0 aromatic rings. The average molecular weight is 288 g/mol. The van der Waals surface area contributed by atoms with E-state index in [4.69, 9.17) is 9.47 Å². The van der Waals surface area contributed by atoms with E-state index in [0.29, 0.717) is 13.2 Å². The van der Waals surface area contributed by atoms with Crippen molar-refractivity contribution in [2.24, 2.45) is 0 Å². The molecule has 0 saturated carbocycles. The fourth-order valence-corrected chi connectivity index (χ4v) is 1.69. The van der Waals surface area contributed by atoms with Crippen LogP contribution in [0.2, 0.25) is 0 Å². The molecule has 1 atom stereocenters. The highest BCUT2D eigenvalue weighted by Gasteiger charge is 2.21. The van der Waals surface area contributed by atoms with Crippen LogP contribution in [-0.2, 0) is 9.47 Å². The Hall–Kier alpha value is -0.810. The maximum Gasteiger partial charge on any atom is 0.410 e. The van der Waals surface area contributed by atoms with Gasteiger partial charge >= 0.3 is 6.09 Å². The molecule has 0 aromatic heterocycles. The van der Waals surface area contributed by atoms with Gasteiger partial charge in [-0.15, -0.1) is 0 Å². The molecule has 5 nitrogen and oxygen atoms in total. The summed E-state index contributed by atoms with van der Waals surface area (Å²) >= 11 is 0. The molecule has 0 spiro atoms. The topological polar surface area (TPSA) is 50.8 Å². The first-order chi connectivity index (χ1) is 9.30. The lowest BCUT2D eigenvalue weighted by Gasteiger charge is -2.27. The van der Waals surface area contributed by atoms with Crippen molar-refractivity contribution in [1.82, 2.24) is 10.2 Å². The van der Waals surface area contributed by atoms with E-state index in [-0.39, 0.29) is 12.1 Å². The molecule has 0 saturated heterocycles. The van der Waals surface area contributed by atoms with Gasteiger partial charge < -0.3 is 19.7 Å². The Morgan fingerprint density at radius 1 is 1.25 bits per heavy atom. The predicted molar refractivity (Wildman–Crippen MR) is 82.1 cm³/mol. The molecule has 120 valence electrons. The summed E-state index contributed by atoms with van der Waals surface area (Å²) in [7, 11) is 0. The molecule has 0 radical (unpaired) electrons. The van der Waals surface area contributed by atoms with Gasteiger partial charge in [-0.1, -0.05) is 6.92 Å². The molecule has 0 rings (SSSR count). The Bertz CT molecular complexity index is 264. The maximum atomic E-state index is 12.0. The van der Waals surface area contributed by atoms with E-state index in [9.17, 15) is 4.79 Å². The van der Waals surface area contributed by atoms with Gasteiger partial charge in [0.2, 0.25) is 0 Å². The quantitative estimate of drug-likeness (QED) is 0.708. The van der Waals surface area contributed by atoms with E-state index < -0.39 is 5.60 Å². The molecule has 0 aliphatic carbocycles. The zero-order valence-electron chi connectivity index (χ0n) is 14.0. The molecule has 1 unspecified atom stereocenters. The molecule has 0 fully saturated rings. The number of ether oxygens (including phenoxy) is 2. The van der Waals surface area contributed by atoms with Crippen LogP contribution >= 0.6 is 0 Å². The number of nitrogens with zero attached hydrogens (tertiary/aromatic N) is 1. The van der Waals surface area contributed by atoms with Gasteiger partial charge in [0.15, 0.2) is 0 Å². The molecule has 0 heterocycles. The van der Waals surface area contributed by atoms with Crippen molar-refractivity contribution in [3.63, 3.8) is 0 Å². The molecule has 0 aromatic carbocycles. The molecule has 1 N–H and O–H groups in total. The molecule has 0 aliphatic heterocycles. The van der Waals surface area contributed by atoms with Crippen molar-refractivity contribution >= 4 is 6.09 Å². The molecular weight excluding hydrogens is 256 g/mol. The van der Waals surface area contributed by atoms with Crippen molar-refractivity contribution in [2.45, 2.75) is 59.6 Å². The third kappa shape index (κ3) is 10.0. The van der Waals surface area contributed by atoms with Crippen LogP contribution in [0.1, 0.15) is 48.0 Å². The Kier molecular flexibility index (Phi) is 9.59. The number of hydrogen-bond donors (Lipinski definition) is 1. The number of rotatable bonds is 9. The number of amides is 1. The average Bonchev–Trinajstić information content (AvgIpc) is 2.33. The normalized spacial score (nSPS) is 13.1. The second-order valence-corrected chi connectivity index (χ2v) is 5.98. The summed E-state index contributed by atoms with van der Waals surface area (Å²) in [5.74, 6) is 0. The van der Waals surface area contributed by atoms with Crippen molar-refractivity contribution in [3.8, 4) is 0 Å². The Morgan fingerprint density at radius 3 is 2.40 bits per heavy atom. The lowest BCUT2D eigenvalue weighted by Crippen LogP contribution is -2.43. The summed E-state index contributed by atoms with van der Waals surface area (Å²) in [4.78, 5) is 13.8. The van der Waals surface area contributed by atoms with E-state index in [0.717, 1.165) is 26.1 Å². The Labute approximate surface area is 124 Å². The predicted octanol–water partition coefficient (Wildman–Crippen LogP) is 2.65. The van der Waals surface area contributed by atoms with Gasteiger partial charge in [0.05, 0.1) is 6.61 Å². The summed E-state index contributed by atoms with van der Waals surface area (Å²) in [5.41, 5.74) is -0.446. The highest BCUT2D eigenvalue weighted by molar-refractivity contribution is 5.68. The fraction of sp³-hybridized carbons (Fsp3) is 0.933. The number of carbonyl (C=O) groups excluding carboxylic acids is 1. The molecule has 0 bridgehead atoms. The first kappa shape index (κ1) is 19.2. The van der Waals surface area contributed by atoms with E-state index in [1.165, 1.54) is 0 Å². The van der Waals surface area contributed by atoms with Gasteiger partial charge in [0.25, 0.3) is 0 Å². The number of carbonyl (C=O) groups is 1. The number of nitrogens with one attached hydrogen (secondary N) is 1. The summed E-state index contributed by atoms with van der Waals surface area (Å²) in [6.45, 7) is 15.3. The Balaban J connectivity index is 4.11. The van der Waals surface area contributed by atoms with Crippen LogP contribution in [-0.4, -0.2) is 55.5 Å². The Morgan fingerprint density at radius 2 is 1.90 bits per heavy atom. The highest BCUT2D eigenvalue weighted by atomic mass is 16.6. The molecular formula is C15H32N2O3. The highest BCUT2D eigenvalue weighted by Crippen LogP contribution is 2.10. The SMILES string of the molecule is CCCN(CCNC(C)COCC)C(=O)OC(C)(C)C. The molecule has 5 heteroatoms. The van der Waals surface area contributed by atoms with E-state index in [1.54, 1.807) is 4.90 Å². The first-order valence-corrected chi connectivity index (χ1v) is 7.59. The van der Waals surface area contributed by atoms with Crippen LogP contribution in [0.15, 0.2) is 0 Å². The van der Waals surface area contributed by atoms with Gasteiger partial charge in [-0.3, -0.25) is 0 Å². The van der Waals surface area contributed by atoms with Crippen molar-refractivity contribution < 1.29 is 14.3 Å². The van der Waals surface area contributed by atoms with Crippen LogP contribution in [0.4, 0.5) is 4.79 Å². The first-order valence-electron chi connectivity index (χ1n) is 7.59. The van der Waals surface area contributed by atoms with Crippen molar-refractivity contribution in [2.75, 3.05) is 32.8 Å². The minimum absolute atomic E-state index is 0.237. The largest absolute Gasteiger partial charge is 0.444 e. The van der Waals surface area contributed by atoms with Gasteiger partial charge in [0, 0.05) is 32.3 Å². The van der Waals surface area contributed by atoms with Gasteiger partial charge in [-0.2, -0.15) is 0 Å². The van der Waals surface area contributed by atoms with Gasteiger partial charge in [-0.05, 0) is 41.0 Å². The van der Waals surface area contributed by atoms with Gasteiger partial charge in [-0.25, -0.2) is 4.79 Å². The third-order valence-corrected chi connectivity index (χ3v) is 2.59. The second-order valence-electron chi connectivity index (χ2n) is 5.98. The zero-order chi connectivity index (χ0) is 15.6. The minimum atomic E-state index is -0.446. The molecule has 0 aliphatic rings.